The van der Waals surface area contributed by atoms with Crippen molar-refractivity contribution in [1.29, 1.82) is 0 Å². The number of H-pyrrole nitrogens is 1. The van der Waals surface area contributed by atoms with Crippen molar-refractivity contribution < 1.29 is 4.74 Å². The number of rotatable bonds is 4. The fraction of sp³-hybridized carbons (Fsp3) is 0.250. The van der Waals surface area contributed by atoms with Gasteiger partial charge >= 0.3 is 0 Å². The minimum absolute atomic E-state index is 0.149. The first-order valence-corrected chi connectivity index (χ1v) is 8.88. The summed E-state index contributed by atoms with van der Waals surface area (Å²) < 4.78 is 5.22. The molecule has 0 bridgehead atoms. The van der Waals surface area contributed by atoms with E-state index in [-0.39, 0.29) is 5.56 Å². The van der Waals surface area contributed by atoms with Gasteiger partial charge in [-0.3, -0.25) is 14.8 Å². The molecule has 0 spiro atoms. The predicted molar refractivity (Wildman–Crippen MR) is 106 cm³/mol. The number of anilines is 2. The van der Waals surface area contributed by atoms with E-state index in [1.165, 1.54) is 11.8 Å². The lowest BCUT2D eigenvalue weighted by atomic mass is 10.2. The minimum atomic E-state index is -0.149. The quantitative estimate of drug-likeness (QED) is 0.766. The van der Waals surface area contributed by atoms with Gasteiger partial charge in [0.05, 0.1) is 12.8 Å². The fourth-order valence-corrected chi connectivity index (χ4v) is 3.23. The number of aromatic nitrogens is 3. The van der Waals surface area contributed by atoms with Crippen LogP contribution < -0.4 is 20.1 Å². The van der Waals surface area contributed by atoms with Crippen molar-refractivity contribution in [3.8, 4) is 17.0 Å². The van der Waals surface area contributed by atoms with Gasteiger partial charge in [-0.05, 0) is 36.4 Å². The number of hydrogen-bond donors (Lipinski definition) is 1. The Balaban J connectivity index is 1.49. The molecule has 0 aliphatic carbocycles. The van der Waals surface area contributed by atoms with Gasteiger partial charge in [0, 0.05) is 55.9 Å². The molecule has 0 atom stereocenters. The number of aromatic amines is 1. The van der Waals surface area contributed by atoms with E-state index in [4.69, 9.17) is 4.74 Å². The van der Waals surface area contributed by atoms with E-state index < -0.39 is 0 Å². The first-order chi connectivity index (χ1) is 13.2. The third kappa shape index (κ3) is 3.76. The van der Waals surface area contributed by atoms with E-state index in [1.807, 2.05) is 24.3 Å². The molecule has 7 nitrogen and oxygen atoms in total. The molecule has 1 N–H and O–H groups in total. The van der Waals surface area contributed by atoms with E-state index in [0.717, 1.165) is 37.5 Å². The molecule has 0 saturated carbocycles. The summed E-state index contributed by atoms with van der Waals surface area (Å²) in [5.74, 6) is 1.47. The van der Waals surface area contributed by atoms with Gasteiger partial charge in [-0.25, -0.2) is 4.98 Å². The highest BCUT2D eigenvalue weighted by molar-refractivity contribution is 5.59. The lowest BCUT2D eigenvalue weighted by Gasteiger charge is -2.36. The highest BCUT2D eigenvalue weighted by Gasteiger charge is 2.19. The van der Waals surface area contributed by atoms with Crippen molar-refractivity contribution in [2.45, 2.75) is 0 Å². The van der Waals surface area contributed by atoms with Gasteiger partial charge in [0.25, 0.3) is 5.56 Å². The van der Waals surface area contributed by atoms with Crippen LogP contribution in [0.25, 0.3) is 11.3 Å². The van der Waals surface area contributed by atoms with Crippen LogP contribution in [0.5, 0.6) is 5.75 Å². The fourth-order valence-electron chi connectivity index (χ4n) is 3.23. The highest BCUT2D eigenvalue weighted by atomic mass is 16.5. The standard InChI is InChI=1S/C20H21N5O2/c1-27-17-4-2-16(3-5-17)24-10-12-25(13-11-24)20-22-18(14-19(26)23-20)15-6-8-21-9-7-15/h2-9,14H,10-13H2,1H3,(H,22,23,26). The first kappa shape index (κ1) is 17.1. The van der Waals surface area contributed by atoms with Crippen molar-refractivity contribution in [3.05, 3.63) is 65.2 Å². The molecule has 1 saturated heterocycles. The molecule has 27 heavy (non-hydrogen) atoms. The lowest BCUT2D eigenvalue weighted by molar-refractivity contribution is 0.415. The van der Waals surface area contributed by atoms with Gasteiger partial charge < -0.3 is 14.5 Å². The minimum Gasteiger partial charge on any atom is -0.497 e. The Morgan fingerprint density at radius 3 is 2.30 bits per heavy atom. The molecule has 0 unspecified atom stereocenters. The Hall–Kier alpha value is -3.35. The van der Waals surface area contributed by atoms with Crippen LogP contribution in [0.15, 0.2) is 59.7 Å². The number of hydrogen-bond acceptors (Lipinski definition) is 6. The molecular weight excluding hydrogens is 342 g/mol. The van der Waals surface area contributed by atoms with Crippen LogP contribution >= 0.6 is 0 Å². The zero-order chi connectivity index (χ0) is 18.6. The highest BCUT2D eigenvalue weighted by Crippen LogP contribution is 2.22. The van der Waals surface area contributed by atoms with E-state index in [0.29, 0.717) is 11.6 Å². The molecule has 138 valence electrons. The van der Waals surface area contributed by atoms with E-state index in [1.54, 1.807) is 19.5 Å². The molecule has 3 aromatic rings. The van der Waals surface area contributed by atoms with Gasteiger partial charge in [-0.2, -0.15) is 0 Å². The molecular formula is C20H21N5O2. The maximum Gasteiger partial charge on any atom is 0.252 e. The number of piperazine rings is 1. The van der Waals surface area contributed by atoms with Gasteiger partial charge in [0.1, 0.15) is 5.75 Å². The number of ether oxygens (including phenoxy) is 1. The van der Waals surface area contributed by atoms with Gasteiger partial charge in [-0.1, -0.05) is 0 Å². The molecule has 7 heteroatoms. The molecule has 1 aliphatic rings. The van der Waals surface area contributed by atoms with Crippen LogP contribution in [0.4, 0.5) is 11.6 Å². The SMILES string of the molecule is COc1ccc(N2CCN(c3nc(-c4ccncc4)cc(=O)[nH]3)CC2)cc1. The number of benzene rings is 1. The smallest absolute Gasteiger partial charge is 0.252 e. The second-order valence-electron chi connectivity index (χ2n) is 6.36. The van der Waals surface area contributed by atoms with Crippen molar-refractivity contribution in [1.82, 2.24) is 15.0 Å². The third-order valence-corrected chi connectivity index (χ3v) is 4.72. The summed E-state index contributed by atoms with van der Waals surface area (Å²) in [6, 6.07) is 13.3. The summed E-state index contributed by atoms with van der Waals surface area (Å²) >= 11 is 0. The van der Waals surface area contributed by atoms with E-state index in [2.05, 4.69) is 36.9 Å². The molecule has 1 aliphatic heterocycles. The Kier molecular flexibility index (Phi) is 4.74. The average Bonchev–Trinajstić information content (AvgIpc) is 2.74. The molecule has 0 amide bonds. The maximum atomic E-state index is 12.1. The van der Waals surface area contributed by atoms with Crippen LogP contribution in [-0.2, 0) is 0 Å². The predicted octanol–water partition coefficient (Wildman–Crippen LogP) is 2.17. The van der Waals surface area contributed by atoms with Gasteiger partial charge in [-0.15, -0.1) is 0 Å². The molecule has 1 aromatic carbocycles. The third-order valence-electron chi connectivity index (χ3n) is 4.72. The number of nitrogens with one attached hydrogen (secondary N) is 1. The Labute approximate surface area is 157 Å². The van der Waals surface area contributed by atoms with Crippen LogP contribution in [0.3, 0.4) is 0 Å². The zero-order valence-electron chi connectivity index (χ0n) is 15.1. The van der Waals surface area contributed by atoms with Crippen molar-refractivity contribution in [2.75, 3.05) is 43.1 Å². The number of pyridine rings is 1. The summed E-state index contributed by atoms with van der Waals surface area (Å²) in [5.41, 5.74) is 2.56. The molecule has 0 radical (unpaired) electrons. The van der Waals surface area contributed by atoms with Crippen LogP contribution in [0.2, 0.25) is 0 Å². The maximum absolute atomic E-state index is 12.1. The van der Waals surface area contributed by atoms with Crippen molar-refractivity contribution >= 4 is 11.6 Å². The summed E-state index contributed by atoms with van der Waals surface area (Å²) in [5, 5.41) is 0. The van der Waals surface area contributed by atoms with Crippen LogP contribution in [0.1, 0.15) is 0 Å². The first-order valence-electron chi connectivity index (χ1n) is 8.88. The van der Waals surface area contributed by atoms with Gasteiger partial charge in [0.15, 0.2) is 0 Å². The number of methoxy groups -OCH3 is 1. The summed E-state index contributed by atoms with van der Waals surface area (Å²) in [4.78, 5) is 28.1. The molecule has 3 heterocycles. The second-order valence-corrected chi connectivity index (χ2v) is 6.36. The van der Waals surface area contributed by atoms with E-state index in [9.17, 15) is 4.79 Å². The topological polar surface area (TPSA) is 74.3 Å². The second kappa shape index (κ2) is 7.49. The average molecular weight is 363 g/mol. The Morgan fingerprint density at radius 2 is 1.63 bits per heavy atom. The largest absolute Gasteiger partial charge is 0.497 e. The summed E-state index contributed by atoms with van der Waals surface area (Å²) in [6.07, 6.45) is 3.40. The number of nitrogens with zero attached hydrogens (tertiary/aromatic N) is 4. The molecule has 2 aromatic heterocycles. The van der Waals surface area contributed by atoms with Crippen LogP contribution in [0, 0.1) is 0 Å². The van der Waals surface area contributed by atoms with Crippen molar-refractivity contribution in [2.24, 2.45) is 0 Å². The lowest BCUT2D eigenvalue weighted by Crippen LogP contribution is -2.47. The summed E-state index contributed by atoms with van der Waals surface area (Å²) in [7, 11) is 1.67. The Morgan fingerprint density at radius 1 is 0.963 bits per heavy atom. The van der Waals surface area contributed by atoms with Crippen LogP contribution in [-0.4, -0.2) is 48.2 Å². The zero-order valence-corrected chi connectivity index (χ0v) is 15.1. The normalized spacial score (nSPS) is 14.3. The van der Waals surface area contributed by atoms with E-state index >= 15 is 0 Å². The monoisotopic (exact) mass is 363 g/mol. The van der Waals surface area contributed by atoms with Gasteiger partial charge in [0.2, 0.25) is 5.95 Å². The van der Waals surface area contributed by atoms with Crippen molar-refractivity contribution in [3.63, 3.8) is 0 Å². The molecule has 1 fully saturated rings. The summed E-state index contributed by atoms with van der Waals surface area (Å²) in [6.45, 7) is 3.29. The molecule has 4 rings (SSSR count). The Bertz CT molecular complexity index is 948.